The van der Waals surface area contributed by atoms with Crippen LogP contribution in [0.4, 0.5) is 5.69 Å². The number of nitrogens with zero attached hydrogens (tertiary/aromatic N) is 2. The SMILES string of the molecule is CC1CCN(S(=O)(=O)c2ccc(OCC(=O)N3C[C@H](C(=O)NCCc4ccccc4)Oc4ccccc43)cc2)CC1. The van der Waals surface area contributed by atoms with Crippen LogP contribution >= 0.6 is 0 Å². The normalized spacial score (nSPS) is 17.8. The summed E-state index contributed by atoms with van der Waals surface area (Å²) >= 11 is 0. The monoisotopic (exact) mass is 577 g/mol. The molecule has 0 unspecified atom stereocenters. The van der Waals surface area contributed by atoms with Crippen LogP contribution in [0.2, 0.25) is 0 Å². The standard InChI is InChI=1S/C31H35N3O6S/c1-23-16-19-33(20-17-23)41(37,38)26-13-11-25(12-14-26)39-22-30(35)34-21-29(40-28-10-6-5-9-27(28)34)31(36)32-18-15-24-7-3-2-4-8-24/h2-14,23,29H,15-22H2,1H3,(H,32,36)/t29-/m1/s1. The molecule has 216 valence electrons. The van der Waals surface area contributed by atoms with Gasteiger partial charge in [-0.25, -0.2) is 8.42 Å². The van der Waals surface area contributed by atoms with Gasteiger partial charge in [0.05, 0.1) is 17.1 Å². The minimum Gasteiger partial charge on any atom is -0.484 e. The largest absolute Gasteiger partial charge is 0.484 e. The average Bonchev–Trinajstić information content (AvgIpc) is 3.00. The molecule has 9 nitrogen and oxygen atoms in total. The Hall–Kier alpha value is -3.89. The van der Waals surface area contributed by atoms with Crippen molar-refractivity contribution in [1.82, 2.24) is 9.62 Å². The zero-order valence-corrected chi connectivity index (χ0v) is 23.9. The highest BCUT2D eigenvalue weighted by atomic mass is 32.2. The number of nitrogens with one attached hydrogen (secondary N) is 1. The summed E-state index contributed by atoms with van der Waals surface area (Å²) in [5.74, 6) is 0.701. The molecule has 1 fully saturated rings. The Kier molecular flexibility index (Phi) is 8.90. The minimum atomic E-state index is -3.57. The number of hydrogen-bond acceptors (Lipinski definition) is 6. The number of ether oxygens (including phenoxy) is 2. The highest BCUT2D eigenvalue weighted by Crippen LogP contribution is 2.33. The van der Waals surface area contributed by atoms with Crippen LogP contribution in [0.5, 0.6) is 11.5 Å². The van der Waals surface area contributed by atoms with E-state index in [0.29, 0.717) is 49.2 Å². The zero-order valence-electron chi connectivity index (χ0n) is 23.1. The van der Waals surface area contributed by atoms with Crippen molar-refractivity contribution < 1.29 is 27.5 Å². The fourth-order valence-corrected chi connectivity index (χ4v) is 6.47. The summed E-state index contributed by atoms with van der Waals surface area (Å²) in [5.41, 5.74) is 1.68. The molecule has 1 saturated heterocycles. The summed E-state index contributed by atoms with van der Waals surface area (Å²) in [4.78, 5) is 27.9. The third-order valence-electron chi connectivity index (χ3n) is 7.49. The number of carbonyl (C=O) groups excluding carboxylic acids is 2. The molecule has 0 aliphatic carbocycles. The van der Waals surface area contributed by atoms with Crippen molar-refractivity contribution in [2.45, 2.75) is 37.2 Å². The molecular weight excluding hydrogens is 542 g/mol. The molecule has 41 heavy (non-hydrogen) atoms. The van der Waals surface area contributed by atoms with Crippen LogP contribution in [-0.2, 0) is 26.0 Å². The molecule has 0 radical (unpaired) electrons. The smallest absolute Gasteiger partial charge is 0.265 e. The van der Waals surface area contributed by atoms with Crippen molar-refractivity contribution >= 4 is 27.5 Å². The van der Waals surface area contributed by atoms with Crippen LogP contribution in [0.1, 0.15) is 25.3 Å². The Morgan fingerprint density at radius 2 is 1.63 bits per heavy atom. The third-order valence-corrected chi connectivity index (χ3v) is 9.40. The highest BCUT2D eigenvalue weighted by Gasteiger charge is 2.34. The fourth-order valence-electron chi connectivity index (χ4n) is 5.00. The van der Waals surface area contributed by atoms with Crippen molar-refractivity contribution in [1.29, 1.82) is 0 Å². The lowest BCUT2D eigenvalue weighted by molar-refractivity contribution is -0.128. The molecular formula is C31H35N3O6S. The van der Waals surface area contributed by atoms with E-state index >= 15 is 0 Å². The van der Waals surface area contributed by atoms with Gasteiger partial charge in [0.1, 0.15) is 11.5 Å². The van der Waals surface area contributed by atoms with E-state index in [1.54, 1.807) is 36.4 Å². The predicted octanol–water partition coefficient (Wildman–Crippen LogP) is 3.64. The van der Waals surface area contributed by atoms with Crippen LogP contribution in [0.15, 0.2) is 83.8 Å². The number of sulfonamides is 1. The fraction of sp³-hybridized carbons (Fsp3) is 0.355. The molecule has 0 bridgehead atoms. The van der Waals surface area contributed by atoms with Crippen molar-refractivity contribution in [2.24, 2.45) is 5.92 Å². The number of carbonyl (C=O) groups is 2. The molecule has 2 amide bonds. The number of amides is 2. The number of benzene rings is 3. The van der Waals surface area contributed by atoms with Crippen LogP contribution in [0.25, 0.3) is 0 Å². The summed E-state index contributed by atoms with van der Waals surface area (Å²) in [6, 6.07) is 23.1. The Labute approximate surface area is 241 Å². The molecule has 3 aromatic rings. The van der Waals surface area contributed by atoms with Gasteiger partial charge in [-0.2, -0.15) is 4.31 Å². The van der Waals surface area contributed by atoms with Gasteiger partial charge in [-0.3, -0.25) is 9.59 Å². The zero-order chi connectivity index (χ0) is 28.8. The van der Waals surface area contributed by atoms with E-state index in [4.69, 9.17) is 9.47 Å². The molecule has 10 heteroatoms. The summed E-state index contributed by atoms with van der Waals surface area (Å²) in [7, 11) is -3.57. The third kappa shape index (κ3) is 6.89. The maximum atomic E-state index is 13.3. The van der Waals surface area contributed by atoms with Crippen LogP contribution in [0, 0.1) is 5.92 Å². The van der Waals surface area contributed by atoms with E-state index in [2.05, 4.69) is 12.2 Å². The Morgan fingerprint density at radius 1 is 0.951 bits per heavy atom. The molecule has 0 spiro atoms. The number of para-hydroxylation sites is 2. The molecule has 2 aliphatic heterocycles. The summed E-state index contributed by atoms with van der Waals surface area (Å²) in [6.07, 6.45) is 1.52. The van der Waals surface area contributed by atoms with Crippen LogP contribution in [-0.4, -0.2) is 63.4 Å². The quantitative estimate of drug-likeness (QED) is 0.417. The van der Waals surface area contributed by atoms with E-state index in [9.17, 15) is 18.0 Å². The first-order valence-electron chi connectivity index (χ1n) is 13.9. The Bertz CT molecular complexity index is 1450. The lowest BCUT2D eigenvalue weighted by Crippen LogP contribution is -2.52. The predicted molar refractivity (Wildman–Crippen MR) is 155 cm³/mol. The second kappa shape index (κ2) is 12.7. The van der Waals surface area contributed by atoms with Gasteiger partial charge in [0, 0.05) is 19.6 Å². The summed E-state index contributed by atoms with van der Waals surface area (Å²) in [6.45, 7) is 3.38. The second-order valence-electron chi connectivity index (χ2n) is 10.5. The first-order valence-corrected chi connectivity index (χ1v) is 15.4. The molecule has 1 atom stereocenters. The van der Waals surface area contributed by atoms with Gasteiger partial charge in [0.25, 0.3) is 11.8 Å². The van der Waals surface area contributed by atoms with Gasteiger partial charge in [-0.1, -0.05) is 49.4 Å². The molecule has 0 aromatic heterocycles. The summed E-state index contributed by atoms with van der Waals surface area (Å²) in [5, 5.41) is 2.91. The topological polar surface area (TPSA) is 105 Å². The maximum Gasteiger partial charge on any atom is 0.265 e. The van der Waals surface area contributed by atoms with E-state index in [0.717, 1.165) is 18.4 Å². The van der Waals surface area contributed by atoms with Crippen molar-refractivity contribution in [3.05, 3.63) is 84.4 Å². The van der Waals surface area contributed by atoms with E-state index in [1.165, 1.54) is 21.3 Å². The number of piperidine rings is 1. The second-order valence-corrected chi connectivity index (χ2v) is 12.4. The minimum absolute atomic E-state index is 0.0437. The van der Waals surface area contributed by atoms with Crippen molar-refractivity contribution in [3.8, 4) is 11.5 Å². The van der Waals surface area contributed by atoms with Gasteiger partial charge in [-0.05, 0) is 67.1 Å². The molecule has 3 aromatic carbocycles. The maximum absolute atomic E-state index is 13.3. The number of hydrogen-bond donors (Lipinski definition) is 1. The Morgan fingerprint density at radius 3 is 2.37 bits per heavy atom. The number of anilines is 1. The number of rotatable bonds is 9. The average molecular weight is 578 g/mol. The van der Waals surface area contributed by atoms with Gasteiger partial charge >= 0.3 is 0 Å². The van der Waals surface area contributed by atoms with E-state index in [-0.39, 0.29) is 29.9 Å². The lowest BCUT2D eigenvalue weighted by atomic mass is 10.0. The molecule has 2 heterocycles. The highest BCUT2D eigenvalue weighted by molar-refractivity contribution is 7.89. The van der Waals surface area contributed by atoms with E-state index in [1.807, 2.05) is 30.3 Å². The van der Waals surface area contributed by atoms with Gasteiger partial charge in [0.2, 0.25) is 10.0 Å². The molecule has 0 saturated carbocycles. The molecule has 2 aliphatic rings. The van der Waals surface area contributed by atoms with Crippen LogP contribution < -0.4 is 19.7 Å². The first-order chi connectivity index (χ1) is 19.8. The van der Waals surface area contributed by atoms with Gasteiger partial charge in [0.15, 0.2) is 12.7 Å². The molecule has 1 N–H and O–H groups in total. The summed E-state index contributed by atoms with van der Waals surface area (Å²) < 4.78 is 39.2. The first kappa shape index (κ1) is 28.6. The van der Waals surface area contributed by atoms with E-state index < -0.39 is 16.1 Å². The van der Waals surface area contributed by atoms with Gasteiger partial charge in [-0.15, -0.1) is 0 Å². The number of fused-ring (bicyclic) bond motifs is 1. The van der Waals surface area contributed by atoms with Crippen LogP contribution in [0.3, 0.4) is 0 Å². The van der Waals surface area contributed by atoms with Gasteiger partial charge < -0.3 is 19.7 Å². The van der Waals surface area contributed by atoms with Crippen molar-refractivity contribution in [3.63, 3.8) is 0 Å². The van der Waals surface area contributed by atoms with Crippen molar-refractivity contribution in [2.75, 3.05) is 37.7 Å². The molecule has 5 rings (SSSR count). The Balaban J connectivity index is 1.19. The lowest BCUT2D eigenvalue weighted by Gasteiger charge is -2.34.